The summed E-state index contributed by atoms with van der Waals surface area (Å²) in [5, 5.41) is 13.6. The second kappa shape index (κ2) is 6.37. The van der Waals surface area contributed by atoms with Crippen LogP contribution in [0.1, 0.15) is 5.69 Å². The smallest absolute Gasteiger partial charge is 0.185 e. The van der Waals surface area contributed by atoms with Crippen molar-refractivity contribution in [2.45, 2.75) is 10.8 Å². The van der Waals surface area contributed by atoms with E-state index in [4.69, 9.17) is 0 Å². The summed E-state index contributed by atoms with van der Waals surface area (Å²) in [4.78, 5) is 4.30. The maximum absolute atomic E-state index is 13.5. The molecule has 0 aliphatic heterocycles. The fraction of sp³-hybridized carbons (Fsp3) is 0.0588. The molecule has 0 N–H and O–H groups in total. The highest BCUT2D eigenvalue weighted by molar-refractivity contribution is 7.98. The molecule has 0 unspecified atom stereocenters. The summed E-state index contributed by atoms with van der Waals surface area (Å²) in [5.41, 5.74) is 2.25. The summed E-state index contributed by atoms with van der Waals surface area (Å²) < 4.78 is 15.1. The minimum atomic E-state index is -0.315. The minimum Gasteiger partial charge on any atom is -0.260 e. The van der Waals surface area contributed by atoms with Crippen molar-refractivity contribution < 1.29 is 4.39 Å². The zero-order chi connectivity index (χ0) is 16.4. The van der Waals surface area contributed by atoms with Crippen molar-refractivity contribution >= 4 is 17.4 Å². The van der Waals surface area contributed by atoms with Gasteiger partial charge in [-0.3, -0.25) is 4.98 Å². The number of hydrogen-bond donors (Lipinski definition) is 0. The van der Waals surface area contributed by atoms with Crippen molar-refractivity contribution in [2.24, 2.45) is 0 Å². The van der Waals surface area contributed by atoms with Gasteiger partial charge in [0.25, 0.3) is 0 Å². The summed E-state index contributed by atoms with van der Waals surface area (Å²) in [6.07, 6.45) is 1.77. The van der Waals surface area contributed by atoms with Crippen molar-refractivity contribution in [3.8, 4) is 11.4 Å². The summed E-state index contributed by atoms with van der Waals surface area (Å²) in [5.74, 6) is 0.922. The van der Waals surface area contributed by atoms with E-state index in [0.717, 1.165) is 16.5 Å². The molecular weight excluding hydrogens is 325 g/mol. The Kier molecular flexibility index (Phi) is 3.92. The molecule has 0 saturated heterocycles. The highest BCUT2D eigenvalue weighted by Crippen LogP contribution is 2.23. The predicted octanol–water partition coefficient (Wildman–Crippen LogP) is 3.62. The topological polar surface area (TPSA) is 56.0 Å². The number of aromatic nitrogens is 5. The first-order valence-corrected chi connectivity index (χ1v) is 8.29. The molecule has 0 radical (unpaired) electrons. The Bertz CT molecular complexity index is 987. The lowest BCUT2D eigenvalue weighted by Crippen LogP contribution is -1.97. The van der Waals surface area contributed by atoms with Crippen LogP contribution in [0.3, 0.4) is 0 Å². The van der Waals surface area contributed by atoms with Gasteiger partial charge in [-0.2, -0.15) is 9.61 Å². The van der Waals surface area contributed by atoms with Crippen LogP contribution < -0.4 is 0 Å². The standard InChI is InChI=1S/C17H12FN5S/c18-13-5-3-4-12(10-13)17-21-20-15-7-8-16(22-23(15)17)24-11-14-6-1-2-9-19-14/h1-10H,11H2. The number of thioether (sulfide) groups is 1. The molecule has 0 atom stereocenters. The molecule has 7 heteroatoms. The molecule has 4 aromatic rings. The molecule has 4 rings (SSSR count). The van der Waals surface area contributed by atoms with Gasteiger partial charge in [-0.15, -0.1) is 10.2 Å². The Morgan fingerprint density at radius 2 is 1.96 bits per heavy atom. The summed E-state index contributed by atoms with van der Waals surface area (Å²) >= 11 is 1.57. The molecule has 1 aromatic carbocycles. The number of rotatable bonds is 4. The van der Waals surface area contributed by atoms with E-state index >= 15 is 0 Å². The van der Waals surface area contributed by atoms with Gasteiger partial charge in [0.05, 0.1) is 5.69 Å². The Labute approximate surface area is 141 Å². The van der Waals surface area contributed by atoms with E-state index in [2.05, 4.69) is 20.3 Å². The van der Waals surface area contributed by atoms with Crippen molar-refractivity contribution in [1.82, 2.24) is 24.8 Å². The zero-order valence-electron chi connectivity index (χ0n) is 12.5. The van der Waals surface area contributed by atoms with Crippen molar-refractivity contribution in [2.75, 3.05) is 0 Å². The van der Waals surface area contributed by atoms with Gasteiger partial charge in [0, 0.05) is 17.5 Å². The number of benzene rings is 1. The van der Waals surface area contributed by atoms with E-state index < -0.39 is 0 Å². The summed E-state index contributed by atoms with van der Waals surface area (Å²) in [7, 11) is 0. The number of fused-ring (bicyclic) bond motifs is 1. The van der Waals surface area contributed by atoms with E-state index in [1.54, 1.807) is 34.6 Å². The highest BCUT2D eigenvalue weighted by Gasteiger charge is 2.11. The van der Waals surface area contributed by atoms with Crippen molar-refractivity contribution in [3.63, 3.8) is 0 Å². The first kappa shape index (κ1) is 14.8. The summed E-state index contributed by atoms with van der Waals surface area (Å²) in [6.45, 7) is 0. The van der Waals surface area contributed by atoms with Crippen LogP contribution in [-0.2, 0) is 5.75 Å². The van der Waals surface area contributed by atoms with Crippen LogP contribution >= 0.6 is 11.8 Å². The fourth-order valence-electron chi connectivity index (χ4n) is 2.29. The van der Waals surface area contributed by atoms with Gasteiger partial charge in [0.1, 0.15) is 10.8 Å². The molecule has 3 aromatic heterocycles. The van der Waals surface area contributed by atoms with E-state index in [1.807, 2.05) is 30.3 Å². The fourth-order valence-corrected chi connectivity index (χ4v) is 3.06. The number of pyridine rings is 1. The molecule has 5 nitrogen and oxygen atoms in total. The second-order valence-corrected chi connectivity index (χ2v) is 6.08. The van der Waals surface area contributed by atoms with E-state index in [-0.39, 0.29) is 5.82 Å². The maximum Gasteiger partial charge on any atom is 0.185 e. The molecular formula is C17H12FN5S. The van der Waals surface area contributed by atoms with Gasteiger partial charge in [0.2, 0.25) is 0 Å². The molecule has 24 heavy (non-hydrogen) atoms. The monoisotopic (exact) mass is 337 g/mol. The summed E-state index contributed by atoms with van der Waals surface area (Å²) in [6, 6.07) is 15.8. The van der Waals surface area contributed by atoms with Crippen molar-refractivity contribution in [1.29, 1.82) is 0 Å². The predicted molar refractivity (Wildman–Crippen MR) is 90.0 cm³/mol. The number of halogens is 1. The lowest BCUT2D eigenvalue weighted by atomic mass is 10.2. The van der Waals surface area contributed by atoms with Gasteiger partial charge >= 0.3 is 0 Å². The van der Waals surface area contributed by atoms with Crippen LogP contribution in [0.5, 0.6) is 0 Å². The van der Waals surface area contributed by atoms with Crippen LogP contribution in [0.15, 0.2) is 65.8 Å². The Balaban J connectivity index is 1.66. The normalized spacial score (nSPS) is 11.0. The van der Waals surface area contributed by atoms with Gasteiger partial charge in [-0.05, 0) is 36.4 Å². The van der Waals surface area contributed by atoms with Gasteiger partial charge < -0.3 is 0 Å². The Morgan fingerprint density at radius 3 is 2.79 bits per heavy atom. The first-order chi connectivity index (χ1) is 11.8. The highest BCUT2D eigenvalue weighted by atomic mass is 32.2. The molecule has 0 bridgehead atoms. The van der Waals surface area contributed by atoms with E-state index in [0.29, 0.717) is 17.0 Å². The van der Waals surface area contributed by atoms with Crippen LogP contribution in [0.4, 0.5) is 4.39 Å². The largest absolute Gasteiger partial charge is 0.260 e. The molecule has 0 amide bonds. The lowest BCUT2D eigenvalue weighted by molar-refractivity contribution is 0.628. The van der Waals surface area contributed by atoms with Gasteiger partial charge in [0.15, 0.2) is 11.5 Å². The molecule has 0 fully saturated rings. The molecule has 0 aliphatic rings. The number of nitrogens with zero attached hydrogens (tertiary/aromatic N) is 5. The van der Waals surface area contributed by atoms with Gasteiger partial charge in [-0.25, -0.2) is 4.39 Å². The average Bonchev–Trinajstić information content (AvgIpc) is 3.04. The Morgan fingerprint density at radius 1 is 1.00 bits per heavy atom. The maximum atomic E-state index is 13.5. The number of hydrogen-bond acceptors (Lipinski definition) is 5. The van der Waals surface area contributed by atoms with Crippen LogP contribution in [0.2, 0.25) is 0 Å². The van der Waals surface area contributed by atoms with Crippen LogP contribution in [-0.4, -0.2) is 24.8 Å². The van der Waals surface area contributed by atoms with Crippen molar-refractivity contribution in [3.05, 3.63) is 72.3 Å². The zero-order valence-corrected chi connectivity index (χ0v) is 13.3. The first-order valence-electron chi connectivity index (χ1n) is 7.31. The Hall–Kier alpha value is -2.80. The third-order valence-electron chi connectivity index (χ3n) is 3.42. The van der Waals surface area contributed by atoms with E-state index in [1.165, 1.54) is 12.1 Å². The second-order valence-electron chi connectivity index (χ2n) is 5.09. The average molecular weight is 337 g/mol. The molecule has 0 saturated carbocycles. The lowest BCUT2D eigenvalue weighted by Gasteiger charge is -2.03. The minimum absolute atomic E-state index is 0.315. The van der Waals surface area contributed by atoms with E-state index in [9.17, 15) is 4.39 Å². The van der Waals surface area contributed by atoms with Crippen LogP contribution in [0.25, 0.3) is 17.0 Å². The van der Waals surface area contributed by atoms with Crippen LogP contribution in [0, 0.1) is 5.82 Å². The SMILES string of the molecule is Fc1cccc(-c2nnc3ccc(SCc4ccccn4)nn23)c1. The molecule has 0 spiro atoms. The quantitative estimate of drug-likeness (QED) is 0.532. The third-order valence-corrected chi connectivity index (χ3v) is 4.37. The van der Waals surface area contributed by atoms with Gasteiger partial charge in [-0.1, -0.05) is 30.0 Å². The third kappa shape index (κ3) is 2.98. The molecule has 3 heterocycles. The molecule has 0 aliphatic carbocycles. The molecule has 118 valence electrons.